The lowest BCUT2D eigenvalue weighted by atomic mass is 10.1. The summed E-state index contributed by atoms with van der Waals surface area (Å²) < 4.78 is 6.91. The molecule has 2 aromatic rings. The summed E-state index contributed by atoms with van der Waals surface area (Å²) in [4.78, 5) is 16.4. The van der Waals surface area contributed by atoms with Crippen molar-refractivity contribution >= 4 is 5.65 Å². The third-order valence-electron chi connectivity index (χ3n) is 3.68. The van der Waals surface area contributed by atoms with Gasteiger partial charge in [-0.25, -0.2) is 4.98 Å². The summed E-state index contributed by atoms with van der Waals surface area (Å²) in [7, 11) is 0. The number of hydrogen-bond acceptors (Lipinski definition) is 4. The van der Waals surface area contributed by atoms with Crippen LogP contribution in [0, 0.1) is 5.92 Å². The van der Waals surface area contributed by atoms with Crippen molar-refractivity contribution in [2.45, 2.75) is 19.4 Å². The second-order valence-corrected chi connectivity index (χ2v) is 5.21. The molecule has 0 aromatic carbocycles. The standard InChI is InChI=1S/C15H19N3O2/c19-15-9-13(17-14-3-1-2-7-18(14)15)10-16-6-4-12-5-8-20-11-12/h1-3,7,9,12,16H,4-6,8,10-11H2. The largest absolute Gasteiger partial charge is 0.381 e. The molecule has 1 aliphatic rings. The highest BCUT2D eigenvalue weighted by molar-refractivity contribution is 5.37. The van der Waals surface area contributed by atoms with Crippen LogP contribution in [-0.2, 0) is 11.3 Å². The second-order valence-electron chi connectivity index (χ2n) is 5.21. The van der Waals surface area contributed by atoms with Crippen LogP contribution in [-0.4, -0.2) is 29.1 Å². The Kier molecular flexibility index (Phi) is 4.08. The predicted octanol–water partition coefficient (Wildman–Crippen LogP) is 1.21. The number of hydrogen-bond donors (Lipinski definition) is 1. The van der Waals surface area contributed by atoms with Crippen LogP contribution < -0.4 is 10.9 Å². The van der Waals surface area contributed by atoms with Gasteiger partial charge in [-0.2, -0.15) is 0 Å². The lowest BCUT2D eigenvalue weighted by molar-refractivity contribution is 0.184. The minimum absolute atomic E-state index is 0.0309. The molecule has 0 radical (unpaired) electrons. The number of pyridine rings is 1. The predicted molar refractivity (Wildman–Crippen MR) is 76.7 cm³/mol. The fourth-order valence-electron chi connectivity index (χ4n) is 2.53. The first-order valence-corrected chi connectivity index (χ1v) is 7.09. The average molecular weight is 273 g/mol. The lowest BCUT2D eigenvalue weighted by Gasteiger charge is -2.08. The fraction of sp³-hybridized carbons (Fsp3) is 0.467. The van der Waals surface area contributed by atoms with Gasteiger partial charge in [0, 0.05) is 32.0 Å². The van der Waals surface area contributed by atoms with Crippen LogP contribution >= 0.6 is 0 Å². The van der Waals surface area contributed by atoms with Crippen LogP contribution in [0.15, 0.2) is 35.3 Å². The molecule has 3 heterocycles. The molecule has 3 rings (SSSR count). The van der Waals surface area contributed by atoms with Crippen LogP contribution in [0.3, 0.4) is 0 Å². The van der Waals surface area contributed by atoms with Crippen LogP contribution in [0.1, 0.15) is 18.5 Å². The zero-order valence-corrected chi connectivity index (χ0v) is 11.4. The number of rotatable bonds is 5. The van der Waals surface area contributed by atoms with Crippen molar-refractivity contribution in [3.63, 3.8) is 0 Å². The highest BCUT2D eigenvalue weighted by Crippen LogP contribution is 2.15. The highest BCUT2D eigenvalue weighted by atomic mass is 16.5. The Bertz CT molecular complexity index is 632. The molecule has 0 aliphatic carbocycles. The Balaban J connectivity index is 1.58. The Morgan fingerprint density at radius 3 is 3.25 bits per heavy atom. The molecule has 1 unspecified atom stereocenters. The zero-order valence-electron chi connectivity index (χ0n) is 11.4. The molecule has 1 saturated heterocycles. The van der Waals surface area contributed by atoms with Crippen LogP contribution in [0.25, 0.3) is 5.65 Å². The third-order valence-corrected chi connectivity index (χ3v) is 3.68. The maximum Gasteiger partial charge on any atom is 0.258 e. The van der Waals surface area contributed by atoms with Crippen molar-refractivity contribution in [1.29, 1.82) is 0 Å². The maximum atomic E-state index is 11.9. The molecule has 1 atom stereocenters. The van der Waals surface area contributed by atoms with E-state index in [1.54, 1.807) is 16.7 Å². The lowest BCUT2D eigenvalue weighted by Crippen LogP contribution is -2.21. The van der Waals surface area contributed by atoms with Gasteiger partial charge in [-0.1, -0.05) is 6.07 Å². The molecule has 2 aromatic heterocycles. The first kappa shape index (κ1) is 13.3. The molecule has 0 amide bonds. The van der Waals surface area contributed by atoms with E-state index in [1.165, 1.54) is 0 Å². The van der Waals surface area contributed by atoms with Gasteiger partial charge < -0.3 is 10.1 Å². The van der Waals surface area contributed by atoms with Gasteiger partial charge in [0.1, 0.15) is 5.65 Å². The zero-order chi connectivity index (χ0) is 13.8. The van der Waals surface area contributed by atoms with E-state index >= 15 is 0 Å². The van der Waals surface area contributed by atoms with Crippen molar-refractivity contribution < 1.29 is 4.74 Å². The number of aromatic nitrogens is 2. The third kappa shape index (κ3) is 3.05. The molecule has 1 aliphatic heterocycles. The van der Waals surface area contributed by atoms with E-state index in [2.05, 4.69) is 10.3 Å². The van der Waals surface area contributed by atoms with Crippen LogP contribution in [0.4, 0.5) is 0 Å². The number of nitrogens with zero attached hydrogens (tertiary/aromatic N) is 2. The molecule has 5 nitrogen and oxygen atoms in total. The van der Waals surface area contributed by atoms with E-state index in [-0.39, 0.29) is 5.56 Å². The van der Waals surface area contributed by atoms with Crippen molar-refractivity contribution in [2.75, 3.05) is 19.8 Å². The van der Waals surface area contributed by atoms with Gasteiger partial charge in [0.25, 0.3) is 5.56 Å². The minimum Gasteiger partial charge on any atom is -0.381 e. The van der Waals surface area contributed by atoms with Crippen LogP contribution in [0.2, 0.25) is 0 Å². The number of fused-ring (bicyclic) bond motifs is 1. The molecule has 5 heteroatoms. The van der Waals surface area contributed by atoms with Crippen molar-refractivity contribution in [3.8, 4) is 0 Å². The monoisotopic (exact) mass is 273 g/mol. The summed E-state index contributed by atoms with van der Waals surface area (Å²) in [5, 5.41) is 3.35. The van der Waals surface area contributed by atoms with Gasteiger partial charge in [0.05, 0.1) is 5.69 Å². The van der Waals surface area contributed by atoms with Gasteiger partial charge in [-0.3, -0.25) is 9.20 Å². The van der Waals surface area contributed by atoms with Gasteiger partial charge in [-0.15, -0.1) is 0 Å². The van der Waals surface area contributed by atoms with Gasteiger partial charge >= 0.3 is 0 Å². The molecule has 0 bridgehead atoms. The van der Waals surface area contributed by atoms with E-state index in [0.29, 0.717) is 18.1 Å². The number of nitrogens with one attached hydrogen (secondary N) is 1. The first-order chi connectivity index (χ1) is 9.83. The van der Waals surface area contributed by atoms with E-state index in [9.17, 15) is 4.79 Å². The average Bonchev–Trinajstić information content (AvgIpc) is 2.97. The Morgan fingerprint density at radius 1 is 1.45 bits per heavy atom. The van der Waals surface area contributed by atoms with E-state index in [1.807, 2.05) is 18.2 Å². The molecule has 106 valence electrons. The molecule has 0 spiro atoms. The Labute approximate surface area is 117 Å². The molecule has 1 fully saturated rings. The van der Waals surface area contributed by atoms with E-state index in [4.69, 9.17) is 4.74 Å². The SMILES string of the molecule is O=c1cc(CNCCC2CCOC2)nc2ccccn12. The van der Waals surface area contributed by atoms with E-state index < -0.39 is 0 Å². The summed E-state index contributed by atoms with van der Waals surface area (Å²) in [5.74, 6) is 0.678. The van der Waals surface area contributed by atoms with Gasteiger partial charge in [-0.05, 0) is 37.4 Å². The smallest absolute Gasteiger partial charge is 0.258 e. The van der Waals surface area contributed by atoms with Gasteiger partial charge in [0.2, 0.25) is 0 Å². The Morgan fingerprint density at radius 2 is 2.40 bits per heavy atom. The first-order valence-electron chi connectivity index (χ1n) is 7.09. The Hall–Kier alpha value is -1.72. The van der Waals surface area contributed by atoms with Gasteiger partial charge in [0.15, 0.2) is 0 Å². The molecule has 20 heavy (non-hydrogen) atoms. The molecule has 1 N–H and O–H groups in total. The van der Waals surface area contributed by atoms with E-state index in [0.717, 1.165) is 38.3 Å². The van der Waals surface area contributed by atoms with Crippen molar-refractivity contribution in [3.05, 3.63) is 46.5 Å². The summed E-state index contributed by atoms with van der Waals surface area (Å²) in [6, 6.07) is 7.16. The molecular formula is C15H19N3O2. The van der Waals surface area contributed by atoms with Crippen LogP contribution in [0.5, 0.6) is 0 Å². The molecule has 0 saturated carbocycles. The topological polar surface area (TPSA) is 55.6 Å². The molecular weight excluding hydrogens is 254 g/mol. The summed E-state index contributed by atoms with van der Waals surface area (Å²) >= 11 is 0. The maximum absolute atomic E-state index is 11.9. The summed E-state index contributed by atoms with van der Waals surface area (Å²) in [6.45, 7) is 3.35. The quantitative estimate of drug-likeness (QED) is 0.832. The van der Waals surface area contributed by atoms with Crippen molar-refractivity contribution in [2.24, 2.45) is 5.92 Å². The fourth-order valence-corrected chi connectivity index (χ4v) is 2.53. The minimum atomic E-state index is -0.0309. The summed E-state index contributed by atoms with van der Waals surface area (Å²) in [6.07, 6.45) is 4.02. The normalized spacial score (nSPS) is 18.7. The highest BCUT2D eigenvalue weighted by Gasteiger charge is 2.14. The summed E-state index contributed by atoms with van der Waals surface area (Å²) in [5.41, 5.74) is 1.46. The van der Waals surface area contributed by atoms with Crippen molar-refractivity contribution in [1.82, 2.24) is 14.7 Å². The second kappa shape index (κ2) is 6.15. The number of ether oxygens (including phenoxy) is 1.